The van der Waals surface area contributed by atoms with Gasteiger partial charge in [-0.15, -0.1) is 0 Å². The topological polar surface area (TPSA) is 29.6 Å². The first-order valence-corrected chi connectivity index (χ1v) is 3.97. The molecule has 0 N–H and O–H groups in total. The molecule has 0 spiro atoms. The van der Waals surface area contributed by atoms with Gasteiger partial charge in [-0.05, 0) is 12.8 Å². The van der Waals surface area contributed by atoms with Crippen LogP contribution in [0.3, 0.4) is 0 Å². The van der Waals surface area contributed by atoms with Crippen LogP contribution in [0.15, 0.2) is 0 Å². The molecule has 58 valence electrons. The number of hydrogen-bond acceptors (Lipinski definition) is 2. The van der Waals surface area contributed by atoms with Gasteiger partial charge in [-0.25, -0.2) is 0 Å². The number of rotatable bonds is 4. The van der Waals surface area contributed by atoms with Crippen LogP contribution in [-0.2, 0) is 9.53 Å². The zero-order valence-corrected chi connectivity index (χ0v) is 6.59. The van der Waals surface area contributed by atoms with E-state index in [9.17, 15) is 4.79 Å². The Morgan fingerprint density at radius 2 is 2.20 bits per heavy atom. The molecule has 0 aromatic rings. The summed E-state index contributed by atoms with van der Waals surface area (Å²) in [6, 6.07) is 0. The summed E-state index contributed by atoms with van der Waals surface area (Å²) in [6.07, 6.45) is 2.81. The van der Waals surface area contributed by atoms with Crippen LogP contribution in [0.5, 0.6) is 0 Å². The van der Waals surface area contributed by atoms with Gasteiger partial charge in [-0.1, -0.05) is 13.8 Å². The molecule has 1 fully saturated rings. The zero-order chi connectivity index (χ0) is 7.56. The number of hydrogen-bond donors (Lipinski definition) is 0. The van der Waals surface area contributed by atoms with Crippen molar-refractivity contribution in [3.8, 4) is 0 Å². The van der Waals surface area contributed by atoms with Gasteiger partial charge in [0.2, 0.25) is 0 Å². The predicted octanol–water partition coefficient (Wildman–Crippen LogP) is 1.53. The number of carbonyl (C=O) groups excluding carboxylic acids is 1. The standard InChI is InChI=1S/C8H14O2/c1-3-5-6(9)8-7(4-2)10-8/h7-8H,3-5H2,1-2H3. The van der Waals surface area contributed by atoms with Crippen LogP contribution >= 0.6 is 0 Å². The molecule has 0 amide bonds. The van der Waals surface area contributed by atoms with E-state index in [1.165, 1.54) is 0 Å². The Morgan fingerprint density at radius 1 is 1.50 bits per heavy atom. The maximum absolute atomic E-state index is 11.0. The summed E-state index contributed by atoms with van der Waals surface area (Å²) < 4.78 is 5.13. The lowest BCUT2D eigenvalue weighted by atomic mass is 10.1. The Bertz CT molecular complexity index is 131. The highest BCUT2D eigenvalue weighted by Crippen LogP contribution is 2.26. The molecule has 1 saturated heterocycles. The van der Waals surface area contributed by atoms with Crippen LogP contribution in [0.2, 0.25) is 0 Å². The lowest BCUT2D eigenvalue weighted by Crippen LogP contribution is -2.08. The van der Waals surface area contributed by atoms with Crippen LogP contribution in [0.1, 0.15) is 33.1 Å². The van der Waals surface area contributed by atoms with E-state index in [1.54, 1.807) is 0 Å². The van der Waals surface area contributed by atoms with Gasteiger partial charge in [0.1, 0.15) is 6.10 Å². The van der Waals surface area contributed by atoms with Crippen LogP contribution < -0.4 is 0 Å². The normalized spacial score (nSPS) is 30.2. The molecule has 2 atom stereocenters. The van der Waals surface area contributed by atoms with Gasteiger partial charge in [0, 0.05) is 6.42 Å². The van der Waals surface area contributed by atoms with E-state index in [1.807, 2.05) is 13.8 Å². The van der Waals surface area contributed by atoms with Crippen molar-refractivity contribution in [3.63, 3.8) is 0 Å². The molecule has 0 aromatic heterocycles. The second-order valence-corrected chi connectivity index (χ2v) is 2.72. The van der Waals surface area contributed by atoms with Crippen molar-refractivity contribution in [3.05, 3.63) is 0 Å². The van der Waals surface area contributed by atoms with Crippen molar-refractivity contribution in [1.82, 2.24) is 0 Å². The molecule has 1 aliphatic heterocycles. The van der Waals surface area contributed by atoms with E-state index in [4.69, 9.17) is 4.74 Å². The van der Waals surface area contributed by atoms with E-state index >= 15 is 0 Å². The average molecular weight is 142 g/mol. The molecule has 1 aliphatic rings. The summed E-state index contributed by atoms with van der Waals surface area (Å²) in [5.41, 5.74) is 0. The monoisotopic (exact) mass is 142 g/mol. The van der Waals surface area contributed by atoms with Crippen molar-refractivity contribution in [2.45, 2.75) is 45.3 Å². The van der Waals surface area contributed by atoms with Crippen LogP contribution in [-0.4, -0.2) is 18.0 Å². The molecule has 2 heteroatoms. The number of ketones is 1. The van der Waals surface area contributed by atoms with Gasteiger partial charge >= 0.3 is 0 Å². The quantitative estimate of drug-likeness (QED) is 0.557. The van der Waals surface area contributed by atoms with Gasteiger partial charge in [-0.3, -0.25) is 4.79 Å². The third kappa shape index (κ3) is 1.57. The fourth-order valence-corrected chi connectivity index (χ4v) is 1.13. The Hall–Kier alpha value is -0.370. The first-order chi connectivity index (χ1) is 4.79. The van der Waals surface area contributed by atoms with Crippen molar-refractivity contribution < 1.29 is 9.53 Å². The minimum absolute atomic E-state index is 0.0371. The molecule has 10 heavy (non-hydrogen) atoms. The van der Waals surface area contributed by atoms with E-state index in [2.05, 4.69) is 0 Å². The molecule has 1 rings (SSSR count). The third-order valence-electron chi connectivity index (χ3n) is 1.80. The highest BCUT2D eigenvalue weighted by atomic mass is 16.6. The summed E-state index contributed by atoms with van der Waals surface area (Å²) in [4.78, 5) is 11.0. The lowest BCUT2D eigenvalue weighted by molar-refractivity contribution is -0.120. The summed E-state index contributed by atoms with van der Waals surface area (Å²) in [6.45, 7) is 4.06. The molecular weight excluding hydrogens is 128 g/mol. The summed E-state index contributed by atoms with van der Waals surface area (Å²) in [7, 11) is 0. The largest absolute Gasteiger partial charge is 0.361 e. The summed E-state index contributed by atoms with van der Waals surface area (Å²) in [5.74, 6) is 0.286. The molecule has 1 heterocycles. The van der Waals surface area contributed by atoms with E-state index in [0.29, 0.717) is 6.42 Å². The lowest BCUT2D eigenvalue weighted by Gasteiger charge is -1.89. The summed E-state index contributed by atoms with van der Waals surface area (Å²) >= 11 is 0. The van der Waals surface area contributed by atoms with Crippen molar-refractivity contribution >= 4 is 5.78 Å². The third-order valence-corrected chi connectivity index (χ3v) is 1.80. The smallest absolute Gasteiger partial charge is 0.164 e. The van der Waals surface area contributed by atoms with E-state index in [-0.39, 0.29) is 18.0 Å². The van der Waals surface area contributed by atoms with Gasteiger partial charge in [0.25, 0.3) is 0 Å². The van der Waals surface area contributed by atoms with Gasteiger partial charge in [0.15, 0.2) is 5.78 Å². The molecule has 2 nitrogen and oxygen atoms in total. The fourth-order valence-electron chi connectivity index (χ4n) is 1.13. The SMILES string of the molecule is CCCC(=O)C1OC1CC. The van der Waals surface area contributed by atoms with Gasteiger partial charge in [-0.2, -0.15) is 0 Å². The van der Waals surface area contributed by atoms with Crippen molar-refractivity contribution in [1.29, 1.82) is 0 Å². The van der Waals surface area contributed by atoms with Crippen LogP contribution in [0, 0.1) is 0 Å². The highest BCUT2D eigenvalue weighted by Gasteiger charge is 2.42. The number of Topliss-reactive ketones (excluding diaryl/α,β-unsaturated/α-hetero) is 1. The first kappa shape index (κ1) is 7.73. The molecule has 0 aliphatic carbocycles. The fraction of sp³-hybridized carbons (Fsp3) is 0.875. The van der Waals surface area contributed by atoms with Crippen molar-refractivity contribution in [2.75, 3.05) is 0 Å². The van der Waals surface area contributed by atoms with E-state index < -0.39 is 0 Å². The second-order valence-electron chi connectivity index (χ2n) is 2.72. The molecule has 0 aromatic carbocycles. The molecule has 0 saturated carbocycles. The minimum Gasteiger partial charge on any atom is -0.361 e. The Labute approximate surface area is 61.6 Å². The van der Waals surface area contributed by atoms with Gasteiger partial charge < -0.3 is 4.74 Å². The molecule has 2 unspecified atom stereocenters. The maximum atomic E-state index is 11.0. The molecular formula is C8H14O2. The van der Waals surface area contributed by atoms with E-state index in [0.717, 1.165) is 12.8 Å². The first-order valence-electron chi connectivity index (χ1n) is 3.97. The number of carbonyl (C=O) groups is 1. The Kier molecular flexibility index (Phi) is 2.44. The predicted molar refractivity (Wildman–Crippen MR) is 38.9 cm³/mol. The molecule has 0 bridgehead atoms. The average Bonchev–Trinajstić information content (AvgIpc) is 2.66. The number of epoxide rings is 1. The van der Waals surface area contributed by atoms with Crippen LogP contribution in [0.25, 0.3) is 0 Å². The van der Waals surface area contributed by atoms with Gasteiger partial charge in [0.05, 0.1) is 6.10 Å². The Balaban J connectivity index is 2.19. The summed E-state index contributed by atoms with van der Waals surface area (Å²) in [5, 5.41) is 0. The molecule has 0 radical (unpaired) electrons. The van der Waals surface area contributed by atoms with Crippen molar-refractivity contribution in [2.24, 2.45) is 0 Å². The Morgan fingerprint density at radius 3 is 2.60 bits per heavy atom. The van der Waals surface area contributed by atoms with Crippen LogP contribution in [0.4, 0.5) is 0 Å². The zero-order valence-electron chi connectivity index (χ0n) is 6.59. The number of ether oxygens (including phenoxy) is 1. The highest BCUT2D eigenvalue weighted by molar-refractivity contribution is 5.85. The minimum atomic E-state index is -0.0371. The second kappa shape index (κ2) is 3.15. The maximum Gasteiger partial charge on any atom is 0.164 e.